The van der Waals surface area contributed by atoms with Crippen LogP contribution in [0.2, 0.25) is 0 Å². The highest BCUT2D eigenvalue weighted by molar-refractivity contribution is 9.12. The number of nitrogens with zero attached hydrogens (tertiary/aromatic N) is 1. The highest BCUT2D eigenvalue weighted by Crippen LogP contribution is 2.56. The van der Waals surface area contributed by atoms with Crippen molar-refractivity contribution in [3.63, 3.8) is 0 Å². The molecule has 140 valence electrons. The molecule has 5 rings (SSSR count). The van der Waals surface area contributed by atoms with E-state index in [1.54, 1.807) is 0 Å². The van der Waals surface area contributed by atoms with E-state index in [9.17, 15) is 9.59 Å². The predicted molar refractivity (Wildman–Crippen MR) is 110 cm³/mol. The topological polar surface area (TPSA) is 55.8 Å². The molecule has 2 aromatic rings. The zero-order valence-corrected chi connectivity index (χ0v) is 17.6. The normalized spacial score (nSPS) is 26.8. The Kier molecular flexibility index (Phi) is 4.17. The number of allylic oxidation sites excluding steroid dienone is 2. The summed E-state index contributed by atoms with van der Waals surface area (Å²) in [6.45, 7) is -0.175. The van der Waals surface area contributed by atoms with Gasteiger partial charge in [0.15, 0.2) is 12.4 Å². The first kappa shape index (κ1) is 18.0. The lowest BCUT2D eigenvalue weighted by Gasteiger charge is -2.40. The molecule has 5 nitrogen and oxygen atoms in total. The van der Waals surface area contributed by atoms with E-state index in [-0.39, 0.29) is 12.4 Å². The van der Waals surface area contributed by atoms with Gasteiger partial charge >= 0.3 is 0 Å². The van der Waals surface area contributed by atoms with E-state index < -0.39 is 22.2 Å². The van der Waals surface area contributed by atoms with Gasteiger partial charge in [0.05, 0.1) is 10.4 Å². The van der Waals surface area contributed by atoms with Crippen LogP contribution in [0.15, 0.2) is 70.7 Å². The maximum atomic E-state index is 13.1. The number of carbonyl (C=O) groups is 2. The molecule has 2 atom stereocenters. The van der Waals surface area contributed by atoms with E-state index in [1.165, 1.54) is 0 Å². The van der Waals surface area contributed by atoms with Crippen molar-refractivity contribution in [2.45, 2.75) is 10.4 Å². The maximum absolute atomic E-state index is 13.1. The number of hydroxylamine groups is 2. The van der Waals surface area contributed by atoms with E-state index in [2.05, 4.69) is 31.9 Å². The second-order valence-corrected chi connectivity index (χ2v) is 8.31. The van der Waals surface area contributed by atoms with Crippen molar-refractivity contribution in [3.05, 3.63) is 81.8 Å². The largest absolute Gasteiger partial charge is 0.330 e. The van der Waals surface area contributed by atoms with Crippen LogP contribution >= 0.6 is 31.9 Å². The SMILES string of the molecule is O=C1C2=C(Br)C(c3ccccc3)=C(c3ccccc3)C(Br)C23OCON1C3=O. The molecule has 1 spiro atoms. The van der Waals surface area contributed by atoms with Crippen molar-refractivity contribution in [1.29, 1.82) is 0 Å². The van der Waals surface area contributed by atoms with Gasteiger partial charge in [0.2, 0.25) is 0 Å². The van der Waals surface area contributed by atoms with Gasteiger partial charge < -0.3 is 4.74 Å². The molecule has 0 saturated carbocycles. The molecule has 3 aliphatic rings. The van der Waals surface area contributed by atoms with Crippen LogP contribution < -0.4 is 0 Å². The van der Waals surface area contributed by atoms with Crippen LogP contribution in [-0.4, -0.2) is 34.1 Å². The van der Waals surface area contributed by atoms with Crippen molar-refractivity contribution in [2.75, 3.05) is 6.79 Å². The number of amides is 2. The molecule has 2 amide bonds. The van der Waals surface area contributed by atoms with Gasteiger partial charge in [-0.2, -0.15) is 0 Å². The molecule has 28 heavy (non-hydrogen) atoms. The van der Waals surface area contributed by atoms with Crippen LogP contribution in [0.1, 0.15) is 11.1 Å². The number of rotatable bonds is 2. The number of halogens is 2. The summed E-state index contributed by atoms with van der Waals surface area (Å²) in [5, 5.41) is 0.810. The number of imide groups is 1. The van der Waals surface area contributed by atoms with Gasteiger partial charge in [-0.3, -0.25) is 9.59 Å². The van der Waals surface area contributed by atoms with Gasteiger partial charge in [0.25, 0.3) is 11.8 Å². The maximum Gasteiger partial charge on any atom is 0.292 e. The van der Waals surface area contributed by atoms with Crippen LogP contribution in [0, 0.1) is 0 Å². The number of fused-ring (bicyclic) bond motifs is 1. The highest BCUT2D eigenvalue weighted by Gasteiger charge is 2.67. The lowest BCUT2D eigenvalue weighted by Crippen LogP contribution is -2.55. The van der Waals surface area contributed by atoms with Crippen molar-refractivity contribution in [2.24, 2.45) is 0 Å². The standard InChI is InChI=1S/C21H13Br2NO4/c22-17-14(12-7-3-1-4-8-12)15(13-9-5-2-6-10-13)18(23)21-16(17)19(25)24(20(21)26)28-11-27-21/h1-10,18H,11H2. The number of benzene rings is 2. The lowest BCUT2D eigenvalue weighted by molar-refractivity contribution is -0.258. The molecule has 0 N–H and O–H groups in total. The summed E-state index contributed by atoms with van der Waals surface area (Å²) in [6.07, 6.45) is 0. The Morgan fingerprint density at radius 3 is 2.21 bits per heavy atom. The van der Waals surface area contributed by atoms with Crippen LogP contribution in [0.5, 0.6) is 0 Å². The molecular weight excluding hydrogens is 490 g/mol. The molecule has 0 aromatic heterocycles. The monoisotopic (exact) mass is 501 g/mol. The summed E-state index contributed by atoms with van der Waals surface area (Å²) >= 11 is 7.35. The first-order valence-electron chi connectivity index (χ1n) is 8.63. The number of hydrogen-bond acceptors (Lipinski definition) is 4. The third-order valence-corrected chi connectivity index (χ3v) is 7.10. The van der Waals surface area contributed by atoms with E-state index >= 15 is 0 Å². The Hall–Kier alpha value is -2.06. The second kappa shape index (κ2) is 6.49. The van der Waals surface area contributed by atoms with Gasteiger partial charge in [-0.25, -0.2) is 4.84 Å². The lowest BCUT2D eigenvalue weighted by atomic mass is 9.76. The van der Waals surface area contributed by atoms with E-state index in [0.29, 0.717) is 4.48 Å². The summed E-state index contributed by atoms with van der Waals surface area (Å²) in [7, 11) is 0. The van der Waals surface area contributed by atoms with Crippen molar-refractivity contribution in [1.82, 2.24) is 5.06 Å². The van der Waals surface area contributed by atoms with Crippen LogP contribution in [0.4, 0.5) is 0 Å². The Bertz CT molecular complexity index is 1060. The number of carbonyl (C=O) groups excluding carboxylic acids is 2. The summed E-state index contributed by atoms with van der Waals surface area (Å²) < 4.78 is 6.40. The summed E-state index contributed by atoms with van der Waals surface area (Å²) in [4.78, 5) is 30.7. The van der Waals surface area contributed by atoms with Gasteiger partial charge in [0, 0.05) is 10.1 Å². The zero-order chi connectivity index (χ0) is 19.5. The minimum absolute atomic E-state index is 0.175. The summed E-state index contributed by atoms with van der Waals surface area (Å²) in [5.41, 5.74) is 2.37. The third kappa shape index (κ3) is 2.24. The zero-order valence-electron chi connectivity index (χ0n) is 14.4. The highest BCUT2D eigenvalue weighted by atomic mass is 79.9. The van der Waals surface area contributed by atoms with Crippen LogP contribution in [0.3, 0.4) is 0 Å². The molecule has 7 heteroatoms. The molecule has 2 aromatic carbocycles. The Morgan fingerprint density at radius 1 is 0.964 bits per heavy atom. The molecule has 0 radical (unpaired) electrons. The fourth-order valence-corrected chi connectivity index (χ4v) is 5.92. The van der Waals surface area contributed by atoms with Crippen molar-refractivity contribution in [3.8, 4) is 0 Å². The van der Waals surface area contributed by atoms with Crippen LogP contribution in [-0.2, 0) is 19.2 Å². The van der Waals surface area contributed by atoms with Crippen molar-refractivity contribution >= 4 is 54.8 Å². The van der Waals surface area contributed by atoms with E-state index in [4.69, 9.17) is 9.57 Å². The molecule has 2 unspecified atom stereocenters. The number of ether oxygens (including phenoxy) is 1. The smallest absolute Gasteiger partial charge is 0.292 e. The number of alkyl halides is 1. The van der Waals surface area contributed by atoms with Gasteiger partial charge in [-0.05, 0) is 32.6 Å². The predicted octanol–water partition coefficient (Wildman–Crippen LogP) is 4.05. The Morgan fingerprint density at radius 2 is 1.57 bits per heavy atom. The first-order chi connectivity index (χ1) is 13.6. The number of hydrogen-bond donors (Lipinski definition) is 0. The van der Waals surface area contributed by atoms with Gasteiger partial charge in [0.1, 0.15) is 0 Å². The molecule has 1 aliphatic carbocycles. The van der Waals surface area contributed by atoms with Crippen molar-refractivity contribution < 1.29 is 19.2 Å². The Balaban J connectivity index is 1.87. The average molecular weight is 503 g/mol. The fraction of sp³-hybridized carbons (Fsp3) is 0.143. The molecular formula is C21H13Br2NO4. The first-order valence-corrected chi connectivity index (χ1v) is 10.3. The van der Waals surface area contributed by atoms with E-state index in [1.807, 2.05) is 60.7 Å². The van der Waals surface area contributed by atoms with Crippen LogP contribution in [0.25, 0.3) is 11.1 Å². The van der Waals surface area contributed by atoms with Gasteiger partial charge in [-0.1, -0.05) is 76.6 Å². The molecule has 2 aliphatic heterocycles. The second-order valence-electron chi connectivity index (χ2n) is 6.60. The molecule has 2 fully saturated rings. The van der Waals surface area contributed by atoms with Gasteiger partial charge in [-0.15, -0.1) is 5.06 Å². The fourth-order valence-electron chi connectivity index (χ4n) is 3.97. The average Bonchev–Trinajstić information content (AvgIpc) is 2.84. The molecule has 2 heterocycles. The Labute approximate surface area is 177 Å². The molecule has 2 saturated heterocycles. The van der Waals surface area contributed by atoms with E-state index in [0.717, 1.165) is 27.3 Å². The summed E-state index contributed by atoms with van der Waals surface area (Å²) in [5.74, 6) is -1.02. The quantitative estimate of drug-likeness (QED) is 0.459. The molecule has 2 bridgehead atoms. The minimum atomic E-state index is -1.46. The summed E-state index contributed by atoms with van der Waals surface area (Å²) in [6, 6.07) is 19.5. The third-order valence-electron chi connectivity index (χ3n) is 5.21. The minimum Gasteiger partial charge on any atom is -0.330 e.